The van der Waals surface area contributed by atoms with E-state index in [1.54, 1.807) is 17.5 Å². The van der Waals surface area contributed by atoms with Crippen molar-refractivity contribution < 1.29 is 4.79 Å². The van der Waals surface area contributed by atoms with Gasteiger partial charge in [-0.1, -0.05) is 36.4 Å². The first kappa shape index (κ1) is 19.8. The van der Waals surface area contributed by atoms with Crippen molar-refractivity contribution >= 4 is 28.6 Å². The van der Waals surface area contributed by atoms with Crippen molar-refractivity contribution in [1.82, 2.24) is 19.9 Å². The van der Waals surface area contributed by atoms with Crippen LogP contribution >= 0.6 is 11.3 Å². The second-order valence-corrected chi connectivity index (χ2v) is 8.94. The lowest BCUT2D eigenvalue weighted by Crippen LogP contribution is -2.41. The first-order chi connectivity index (χ1) is 15.2. The van der Waals surface area contributed by atoms with Crippen LogP contribution in [0.15, 0.2) is 66.3 Å². The second kappa shape index (κ2) is 8.51. The molecule has 4 heterocycles. The van der Waals surface area contributed by atoms with Gasteiger partial charge in [-0.25, -0.2) is 9.50 Å². The molecule has 0 spiro atoms. The van der Waals surface area contributed by atoms with Crippen LogP contribution in [0.5, 0.6) is 0 Å². The highest BCUT2D eigenvalue weighted by Crippen LogP contribution is 2.30. The standard InChI is InChI=1S/C24H25N5OS/c1-17(18-6-3-2-4-7-18)26-24(30)19-9-12-28(13-10-19)23-21-16-20(22-8-5-15-31-22)27-29(21)14-11-25-23/h2-8,11,14-17,19H,9-10,12-13H2,1H3,(H,26,30)/t17-/m0/s1. The molecule has 3 aromatic heterocycles. The van der Waals surface area contributed by atoms with E-state index in [9.17, 15) is 4.79 Å². The summed E-state index contributed by atoms with van der Waals surface area (Å²) in [5.41, 5.74) is 3.10. The molecule has 1 fully saturated rings. The van der Waals surface area contributed by atoms with E-state index in [0.29, 0.717) is 0 Å². The molecule has 0 aliphatic carbocycles. The molecule has 1 aromatic carbocycles. The summed E-state index contributed by atoms with van der Waals surface area (Å²) < 4.78 is 1.90. The van der Waals surface area contributed by atoms with Gasteiger partial charge >= 0.3 is 0 Å². The minimum Gasteiger partial charge on any atom is -0.355 e. The number of carbonyl (C=O) groups excluding carboxylic acids is 1. The summed E-state index contributed by atoms with van der Waals surface area (Å²) in [7, 11) is 0. The van der Waals surface area contributed by atoms with Crippen molar-refractivity contribution in [2.24, 2.45) is 5.92 Å². The topological polar surface area (TPSA) is 62.5 Å². The van der Waals surface area contributed by atoms with Crippen LogP contribution in [0.4, 0.5) is 5.82 Å². The van der Waals surface area contributed by atoms with Gasteiger partial charge in [0, 0.05) is 31.4 Å². The number of nitrogens with zero attached hydrogens (tertiary/aromatic N) is 4. The molecule has 0 bridgehead atoms. The Hall–Kier alpha value is -3.19. The molecule has 1 aliphatic heterocycles. The summed E-state index contributed by atoms with van der Waals surface area (Å²) in [5, 5.41) is 9.96. The molecule has 1 N–H and O–H groups in total. The highest BCUT2D eigenvalue weighted by atomic mass is 32.1. The van der Waals surface area contributed by atoms with E-state index in [-0.39, 0.29) is 17.9 Å². The van der Waals surface area contributed by atoms with Gasteiger partial charge < -0.3 is 10.2 Å². The molecule has 6 nitrogen and oxygen atoms in total. The van der Waals surface area contributed by atoms with E-state index in [2.05, 4.69) is 44.8 Å². The average molecular weight is 432 g/mol. The number of amides is 1. The Morgan fingerprint density at radius 3 is 2.71 bits per heavy atom. The number of rotatable bonds is 5. The van der Waals surface area contributed by atoms with Crippen LogP contribution in [-0.2, 0) is 4.79 Å². The molecule has 158 valence electrons. The van der Waals surface area contributed by atoms with Crippen molar-refractivity contribution in [2.75, 3.05) is 18.0 Å². The Bertz CT molecular complexity index is 1160. The fraction of sp³-hybridized carbons (Fsp3) is 0.292. The van der Waals surface area contributed by atoms with Crippen LogP contribution in [0.1, 0.15) is 31.4 Å². The summed E-state index contributed by atoms with van der Waals surface area (Å²) >= 11 is 1.68. The van der Waals surface area contributed by atoms with Crippen molar-refractivity contribution in [1.29, 1.82) is 0 Å². The van der Waals surface area contributed by atoms with Crippen LogP contribution in [0.25, 0.3) is 16.1 Å². The zero-order valence-electron chi connectivity index (χ0n) is 17.4. The zero-order valence-corrected chi connectivity index (χ0v) is 18.3. The number of piperidine rings is 1. The van der Waals surface area contributed by atoms with Crippen molar-refractivity contribution in [3.8, 4) is 10.6 Å². The number of anilines is 1. The highest BCUT2D eigenvalue weighted by molar-refractivity contribution is 7.13. The fourth-order valence-corrected chi connectivity index (χ4v) is 4.89. The molecule has 1 aliphatic rings. The normalized spacial score (nSPS) is 15.8. The molecule has 1 amide bonds. The van der Waals surface area contributed by atoms with Gasteiger partial charge in [-0.05, 0) is 42.8 Å². The fourth-order valence-electron chi connectivity index (χ4n) is 4.21. The third-order valence-corrected chi connectivity index (χ3v) is 6.86. The summed E-state index contributed by atoms with van der Waals surface area (Å²) in [5.74, 6) is 1.12. The number of fused-ring (bicyclic) bond motifs is 1. The number of hydrogen-bond acceptors (Lipinski definition) is 5. The number of thiophene rings is 1. The Morgan fingerprint density at radius 1 is 1.16 bits per heavy atom. The van der Waals surface area contributed by atoms with E-state index >= 15 is 0 Å². The maximum Gasteiger partial charge on any atom is 0.223 e. The van der Waals surface area contributed by atoms with Crippen molar-refractivity contribution in [3.05, 3.63) is 71.9 Å². The van der Waals surface area contributed by atoms with E-state index < -0.39 is 0 Å². The third kappa shape index (κ3) is 4.05. The summed E-state index contributed by atoms with van der Waals surface area (Å²) in [6.07, 6.45) is 5.33. The molecule has 1 atom stereocenters. The van der Waals surface area contributed by atoms with Gasteiger partial charge in [-0.15, -0.1) is 11.3 Å². The Balaban J connectivity index is 1.26. The van der Waals surface area contributed by atoms with E-state index in [0.717, 1.165) is 53.4 Å². The summed E-state index contributed by atoms with van der Waals surface area (Å²) in [4.78, 5) is 20.9. The molecule has 0 unspecified atom stereocenters. The lowest BCUT2D eigenvalue weighted by Gasteiger charge is -2.32. The van der Waals surface area contributed by atoms with Gasteiger partial charge in [0.15, 0.2) is 5.82 Å². The Morgan fingerprint density at radius 2 is 1.97 bits per heavy atom. The largest absolute Gasteiger partial charge is 0.355 e. The first-order valence-electron chi connectivity index (χ1n) is 10.7. The Labute approximate surface area is 185 Å². The minimum absolute atomic E-state index is 0.0182. The zero-order chi connectivity index (χ0) is 21.2. The lowest BCUT2D eigenvalue weighted by atomic mass is 9.95. The van der Waals surface area contributed by atoms with Crippen molar-refractivity contribution in [2.45, 2.75) is 25.8 Å². The van der Waals surface area contributed by atoms with Gasteiger partial charge in [0.25, 0.3) is 0 Å². The minimum atomic E-state index is 0.0182. The van der Waals surface area contributed by atoms with Gasteiger partial charge in [0.2, 0.25) is 5.91 Å². The second-order valence-electron chi connectivity index (χ2n) is 7.99. The molecule has 0 saturated carbocycles. The molecule has 5 rings (SSSR count). The molecular weight excluding hydrogens is 406 g/mol. The first-order valence-corrected chi connectivity index (χ1v) is 11.6. The number of aromatic nitrogens is 3. The van der Waals surface area contributed by atoms with Crippen LogP contribution < -0.4 is 10.2 Å². The van der Waals surface area contributed by atoms with E-state index in [1.165, 1.54) is 0 Å². The lowest BCUT2D eigenvalue weighted by molar-refractivity contribution is -0.126. The smallest absolute Gasteiger partial charge is 0.223 e. The molecule has 7 heteroatoms. The Kier molecular flexibility index (Phi) is 5.42. The van der Waals surface area contributed by atoms with Gasteiger partial charge in [-0.3, -0.25) is 4.79 Å². The maximum atomic E-state index is 12.8. The molecule has 31 heavy (non-hydrogen) atoms. The van der Waals surface area contributed by atoms with Crippen LogP contribution in [0.3, 0.4) is 0 Å². The number of carbonyl (C=O) groups is 1. The highest BCUT2D eigenvalue weighted by Gasteiger charge is 2.27. The molecule has 1 saturated heterocycles. The van der Waals surface area contributed by atoms with E-state index in [4.69, 9.17) is 5.10 Å². The van der Waals surface area contributed by atoms with Gasteiger partial charge in [0.05, 0.1) is 10.9 Å². The van der Waals surface area contributed by atoms with Crippen LogP contribution in [-0.4, -0.2) is 33.6 Å². The van der Waals surface area contributed by atoms with Gasteiger partial charge in [0.1, 0.15) is 11.2 Å². The molecule has 0 radical (unpaired) electrons. The predicted molar refractivity (Wildman–Crippen MR) is 124 cm³/mol. The summed E-state index contributed by atoms with van der Waals surface area (Å²) in [6.45, 7) is 3.66. The van der Waals surface area contributed by atoms with E-state index in [1.807, 2.05) is 41.9 Å². The molecule has 4 aromatic rings. The maximum absolute atomic E-state index is 12.8. The molecular formula is C24H25N5OS. The third-order valence-electron chi connectivity index (χ3n) is 5.97. The predicted octanol–water partition coefficient (Wildman–Crippen LogP) is 4.55. The van der Waals surface area contributed by atoms with Crippen LogP contribution in [0, 0.1) is 5.92 Å². The van der Waals surface area contributed by atoms with Gasteiger partial charge in [-0.2, -0.15) is 5.10 Å². The van der Waals surface area contributed by atoms with Crippen LogP contribution in [0.2, 0.25) is 0 Å². The number of hydrogen-bond donors (Lipinski definition) is 1. The SMILES string of the molecule is C[C@H](NC(=O)C1CCN(c2nccn3nc(-c4cccs4)cc23)CC1)c1ccccc1. The van der Waals surface area contributed by atoms with Crippen molar-refractivity contribution in [3.63, 3.8) is 0 Å². The number of benzene rings is 1. The quantitative estimate of drug-likeness (QED) is 0.504. The summed E-state index contributed by atoms with van der Waals surface area (Å²) in [6, 6.07) is 16.4. The number of nitrogens with one attached hydrogen (secondary N) is 1. The average Bonchev–Trinajstić information content (AvgIpc) is 3.49. The monoisotopic (exact) mass is 431 g/mol.